The molecule has 0 saturated carbocycles. The molecular formula is C45H52N2O13. The van der Waals surface area contributed by atoms with Crippen LogP contribution in [0, 0.1) is 30.6 Å². The monoisotopic (exact) mass is 828 g/mol. The first-order valence-corrected chi connectivity index (χ1v) is 20.0. The van der Waals surface area contributed by atoms with Gasteiger partial charge in [-0.2, -0.15) is 0 Å². The van der Waals surface area contributed by atoms with E-state index < -0.39 is 82.7 Å². The Morgan fingerprint density at radius 1 is 1.00 bits per heavy atom. The summed E-state index contributed by atoms with van der Waals surface area (Å²) in [5.74, 6) is -6.78. The highest BCUT2D eigenvalue weighted by Crippen LogP contribution is 2.50. The fourth-order valence-corrected chi connectivity index (χ4v) is 7.98. The minimum atomic E-state index is -2.03. The van der Waals surface area contributed by atoms with Gasteiger partial charge in [0.15, 0.2) is 11.3 Å². The summed E-state index contributed by atoms with van der Waals surface area (Å²) in [5.41, 5.74) is -0.707. The third-order valence-electron chi connectivity index (χ3n) is 11.4. The SMILES string of the molecule is CCCOc1ccc2nc3c4c5c6c(C)c(O)c4c(=O)c(c-3oc2c1)NC(=O)/C=C\C=C\[C@H](C)[C@H](O)[C@@H](C)[C@@H](O)[C@@H](C)[C@H](OC(C)=O)[C@H](C)[C@@H](OC)/C=C/O[C@@](C)(O6)C5=O. The van der Waals surface area contributed by atoms with Crippen molar-refractivity contribution >= 4 is 45.2 Å². The number of fused-ring (bicyclic) bond motifs is 14. The lowest BCUT2D eigenvalue weighted by atomic mass is 9.78. The largest absolute Gasteiger partial charge is 0.507 e. The first kappa shape index (κ1) is 43.8. The second-order valence-corrected chi connectivity index (χ2v) is 15.8. The van der Waals surface area contributed by atoms with Gasteiger partial charge >= 0.3 is 11.8 Å². The molecule has 4 aliphatic heterocycles. The van der Waals surface area contributed by atoms with Gasteiger partial charge in [-0.25, -0.2) is 4.98 Å². The average Bonchev–Trinajstić information content (AvgIpc) is 3.49. The molecule has 4 N–H and O–H groups in total. The summed E-state index contributed by atoms with van der Waals surface area (Å²) in [6, 6.07) is 4.95. The van der Waals surface area contributed by atoms with Crippen LogP contribution < -0.4 is 20.2 Å². The van der Waals surface area contributed by atoms with E-state index in [9.17, 15) is 34.5 Å². The number of nitrogens with one attached hydrogen (secondary N) is 1. The number of rotatable bonds is 5. The van der Waals surface area contributed by atoms with Crippen LogP contribution in [0.5, 0.6) is 17.2 Å². The van der Waals surface area contributed by atoms with E-state index >= 15 is 0 Å². The smallest absolute Gasteiger partial charge is 0.312 e. The number of ether oxygens (including phenoxy) is 5. The van der Waals surface area contributed by atoms with E-state index in [1.54, 1.807) is 58.0 Å². The Kier molecular flexibility index (Phi) is 12.7. The molecule has 5 aliphatic rings. The number of nitrogens with zero attached hydrogens (tertiary/aromatic N) is 1. The first-order chi connectivity index (χ1) is 28.4. The van der Waals surface area contributed by atoms with E-state index in [2.05, 4.69) is 5.32 Å². The number of carbonyl (C=O) groups is 3. The third kappa shape index (κ3) is 8.08. The van der Waals surface area contributed by atoms with Crippen molar-refractivity contribution in [1.82, 2.24) is 4.98 Å². The Morgan fingerprint density at radius 2 is 1.73 bits per heavy atom. The normalized spacial score (nSPS) is 29.2. The molecule has 0 fully saturated rings. The first-order valence-electron chi connectivity index (χ1n) is 20.0. The molecule has 9 atom stereocenters. The molecular weight excluding hydrogens is 776 g/mol. The number of anilines is 1. The van der Waals surface area contributed by atoms with E-state index in [0.717, 1.165) is 12.5 Å². The molecule has 2 aromatic carbocycles. The summed E-state index contributed by atoms with van der Waals surface area (Å²) < 4.78 is 35.9. The number of benzene rings is 3. The van der Waals surface area contributed by atoms with Crippen molar-refractivity contribution in [1.29, 1.82) is 0 Å². The molecule has 15 heteroatoms. The number of aliphatic hydroxyl groups is 2. The number of aliphatic hydroxyl groups excluding tert-OH is 2. The number of Topliss-reactive ketones (excluding diaryl/α,β-unsaturated/α-hetero) is 1. The molecule has 0 aromatic heterocycles. The molecule has 7 rings (SSSR count). The second-order valence-electron chi connectivity index (χ2n) is 15.8. The van der Waals surface area contributed by atoms with Crippen molar-refractivity contribution in [3.8, 4) is 28.7 Å². The zero-order valence-electron chi connectivity index (χ0n) is 35.1. The zero-order chi connectivity index (χ0) is 43.8. The maximum absolute atomic E-state index is 14.6. The number of amides is 1. The molecule has 0 spiro atoms. The van der Waals surface area contributed by atoms with Crippen LogP contribution in [0.25, 0.3) is 33.3 Å². The predicted molar refractivity (Wildman–Crippen MR) is 222 cm³/mol. The number of allylic oxidation sites excluding steroid dienone is 2. The number of carbonyl (C=O) groups excluding carboxylic acids is 3. The summed E-state index contributed by atoms with van der Waals surface area (Å²) in [5, 5.41) is 36.7. The van der Waals surface area contributed by atoms with Gasteiger partial charge in [0.1, 0.15) is 40.3 Å². The quantitative estimate of drug-likeness (QED) is 0.0981. The summed E-state index contributed by atoms with van der Waals surface area (Å²) in [7, 11) is 1.44. The molecule has 0 unspecified atom stereocenters. The van der Waals surface area contributed by atoms with Crippen LogP contribution >= 0.6 is 0 Å². The van der Waals surface area contributed by atoms with Crippen LogP contribution in [0.4, 0.5) is 5.69 Å². The molecule has 1 amide bonds. The minimum absolute atomic E-state index is 0.0192. The number of esters is 1. The van der Waals surface area contributed by atoms with Crippen LogP contribution in [-0.4, -0.2) is 81.9 Å². The Morgan fingerprint density at radius 3 is 2.42 bits per heavy atom. The molecule has 320 valence electrons. The number of ketones is 1. The van der Waals surface area contributed by atoms with E-state index in [1.165, 1.54) is 46.3 Å². The van der Waals surface area contributed by atoms with Gasteiger partial charge in [-0.15, -0.1) is 0 Å². The van der Waals surface area contributed by atoms with Gasteiger partial charge in [0.25, 0.3) is 5.78 Å². The van der Waals surface area contributed by atoms with Crippen LogP contribution in [-0.2, 0) is 23.8 Å². The number of phenols is 1. The molecule has 4 heterocycles. The highest BCUT2D eigenvalue weighted by molar-refractivity contribution is 6.22. The van der Waals surface area contributed by atoms with Gasteiger partial charge in [-0.3, -0.25) is 19.2 Å². The van der Waals surface area contributed by atoms with Crippen LogP contribution in [0.1, 0.15) is 70.8 Å². The predicted octanol–water partition coefficient (Wildman–Crippen LogP) is 6.35. The van der Waals surface area contributed by atoms with Crippen molar-refractivity contribution in [2.45, 2.75) is 92.0 Å². The summed E-state index contributed by atoms with van der Waals surface area (Å²) >= 11 is 0. The number of methoxy groups -OCH3 is 1. The van der Waals surface area contributed by atoms with E-state index in [1.807, 2.05) is 6.92 Å². The maximum atomic E-state index is 14.6. The Bertz CT molecular complexity index is 2440. The van der Waals surface area contributed by atoms with E-state index in [4.69, 9.17) is 33.1 Å². The lowest BCUT2D eigenvalue weighted by molar-refractivity contribution is -0.160. The number of hydrogen-bond donors (Lipinski definition) is 4. The van der Waals surface area contributed by atoms with Gasteiger partial charge in [-0.05, 0) is 31.6 Å². The van der Waals surface area contributed by atoms with Crippen molar-refractivity contribution in [2.75, 3.05) is 19.0 Å². The zero-order valence-corrected chi connectivity index (χ0v) is 35.1. The van der Waals surface area contributed by atoms with E-state index in [-0.39, 0.29) is 50.4 Å². The van der Waals surface area contributed by atoms with Crippen molar-refractivity contribution in [3.05, 3.63) is 76.2 Å². The van der Waals surface area contributed by atoms with Crippen molar-refractivity contribution in [2.24, 2.45) is 23.7 Å². The molecule has 0 saturated heterocycles. The highest BCUT2D eigenvalue weighted by Gasteiger charge is 2.50. The maximum Gasteiger partial charge on any atom is 0.312 e. The number of hydrogen-bond acceptors (Lipinski definition) is 14. The lowest BCUT2D eigenvalue weighted by Crippen LogP contribution is -2.46. The second kappa shape index (κ2) is 17.4. The fraction of sp³-hybridized carbons (Fsp3) is 0.444. The molecule has 1 aliphatic carbocycles. The number of aromatic hydroxyl groups is 1. The van der Waals surface area contributed by atoms with Crippen molar-refractivity contribution < 1.29 is 57.8 Å². The van der Waals surface area contributed by atoms with Crippen molar-refractivity contribution in [3.63, 3.8) is 0 Å². The standard InChI is InChI=1S/C45H52N2O13/c1-10-18-56-27-15-16-28-30(20-27)59-43-35(46-28)32-33-39(52)25(6)42-34(32)44(54)45(8,60-42)57-19-17-29(55-9)22(3)41(58-26(7)48)24(5)38(51)23(4)37(50)21(2)13-11-12-14-31(49)47-36(43)40(33)53/h11-17,19-24,29,37-38,41,50-52H,10,18H2,1-9H3,(H,47,49)/b13-11+,14-12-,19-17+/t21-,22+,23+,24+,29-,37-,38+,41+,45-/m0/s1. The van der Waals surface area contributed by atoms with E-state index in [0.29, 0.717) is 17.9 Å². The van der Waals surface area contributed by atoms with Gasteiger partial charge in [0.05, 0.1) is 42.1 Å². The van der Waals surface area contributed by atoms with Crippen LogP contribution in [0.15, 0.2) is 64.1 Å². The molecule has 15 nitrogen and oxygen atoms in total. The van der Waals surface area contributed by atoms with Gasteiger partial charge in [-0.1, -0.05) is 52.8 Å². The van der Waals surface area contributed by atoms with Crippen LogP contribution in [0.2, 0.25) is 0 Å². The van der Waals surface area contributed by atoms with Gasteiger partial charge in [0, 0.05) is 67.7 Å². The lowest BCUT2D eigenvalue weighted by Gasteiger charge is -2.38. The molecule has 0 radical (unpaired) electrons. The Labute approximate surface area is 347 Å². The summed E-state index contributed by atoms with van der Waals surface area (Å²) in [4.78, 5) is 59.8. The minimum Gasteiger partial charge on any atom is -0.507 e. The Hall–Kier alpha value is -5.77. The summed E-state index contributed by atoms with van der Waals surface area (Å²) in [6.45, 7) is 13.4. The van der Waals surface area contributed by atoms with Gasteiger partial charge < -0.3 is 48.7 Å². The Balaban J connectivity index is 1.57. The fourth-order valence-electron chi connectivity index (χ4n) is 7.98. The topological polar surface area (TPSA) is 213 Å². The number of phenolic OH excluding ortho intramolecular Hbond substituents is 1. The molecule has 5 bridgehead atoms. The molecule has 60 heavy (non-hydrogen) atoms. The molecule has 2 aromatic rings. The van der Waals surface area contributed by atoms with Crippen LogP contribution in [0.3, 0.4) is 0 Å². The van der Waals surface area contributed by atoms with Gasteiger partial charge in [0.2, 0.25) is 11.3 Å². The summed E-state index contributed by atoms with van der Waals surface area (Å²) in [6.07, 6.45) is 5.38. The number of aromatic nitrogens is 1. The highest BCUT2D eigenvalue weighted by atomic mass is 16.7. The average molecular weight is 829 g/mol. The third-order valence-corrected chi connectivity index (χ3v) is 11.4.